The van der Waals surface area contributed by atoms with E-state index in [2.05, 4.69) is 12.1 Å². The molecule has 1 heterocycles. The van der Waals surface area contributed by atoms with Crippen LogP contribution in [0.3, 0.4) is 0 Å². The fourth-order valence-electron chi connectivity index (χ4n) is 3.35. The maximum absolute atomic E-state index is 13.1. The zero-order valence-electron chi connectivity index (χ0n) is 14.8. The molecule has 1 N–H and O–H groups in total. The van der Waals surface area contributed by atoms with Gasteiger partial charge < -0.3 is 10.0 Å². The molecule has 1 aromatic carbocycles. The van der Waals surface area contributed by atoms with Gasteiger partial charge in [-0.1, -0.05) is 6.07 Å². The van der Waals surface area contributed by atoms with Gasteiger partial charge >= 0.3 is 0 Å². The second kappa shape index (κ2) is 8.27. The van der Waals surface area contributed by atoms with Crippen LogP contribution in [-0.4, -0.2) is 47.7 Å². The Labute approximate surface area is 144 Å². The van der Waals surface area contributed by atoms with Gasteiger partial charge in [-0.2, -0.15) is 5.26 Å². The van der Waals surface area contributed by atoms with Crippen molar-refractivity contribution in [2.45, 2.75) is 52.2 Å². The van der Waals surface area contributed by atoms with Gasteiger partial charge in [0.05, 0.1) is 24.6 Å². The number of anilines is 1. The summed E-state index contributed by atoms with van der Waals surface area (Å²) >= 11 is 0. The molecule has 0 spiro atoms. The number of rotatable bonds is 5. The third-order valence-corrected chi connectivity index (χ3v) is 4.56. The van der Waals surface area contributed by atoms with Crippen molar-refractivity contribution in [2.24, 2.45) is 0 Å². The number of piperidine rings is 1. The molecule has 0 aromatic heterocycles. The van der Waals surface area contributed by atoms with Crippen LogP contribution in [0.2, 0.25) is 0 Å². The highest BCUT2D eigenvalue weighted by atomic mass is 16.3. The first kappa shape index (κ1) is 18.4. The first-order chi connectivity index (χ1) is 11.4. The largest absolute Gasteiger partial charge is 0.392 e. The Morgan fingerprint density at radius 3 is 2.67 bits per heavy atom. The molecule has 2 unspecified atom stereocenters. The quantitative estimate of drug-likeness (QED) is 0.901. The van der Waals surface area contributed by atoms with Crippen molar-refractivity contribution >= 4 is 11.6 Å². The molecule has 5 nitrogen and oxygen atoms in total. The Balaban J connectivity index is 2.22. The number of carbonyl (C=O) groups is 1. The first-order valence-corrected chi connectivity index (χ1v) is 8.61. The number of hydrogen-bond donors (Lipinski definition) is 1. The monoisotopic (exact) mass is 329 g/mol. The highest BCUT2D eigenvalue weighted by Gasteiger charge is 2.30. The minimum absolute atomic E-state index is 0.00986. The summed E-state index contributed by atoms with van der Waals surface area (Å²) in [5.41, 5.74) is 3.04. The smallest absolute Gasteiger partial charge is 0.244 e. The lowest BCUT2D eigenvalue weighted by Crippen LogP contribution is -2.51. The standard InChI is InChI=1S/C19H27N3O2/c1-14-10-15(2)12-17(11-14)22(9-5-7-20)19(24)16(3)21-8-4-6-18(23)13-21/h10-12,16,18,23H,4-6,8-9,13H2,1-3H3. The maximum atomic E-state index is 13.1. The van der Waals surface area contributed by atoms with Crippen molar-refractivity contribution in [3.8, 4) is 6.07 Å². The molecule has 1 fully saturated rings. The molecule has 0 aliphatic carbocycles. The summed E-state index contributed by atoms with van der Waals surface area (Å²) in [6.45, 7) is 7.65. The van der Waals surface area contributed by atoms with E-state index in [0.29, 0.717) is 19.5 Å². The molecule has 1 aromatic rings. The Hall–Kier alpha value is -1.90. The third kappa shape index (κ3) is 4.56. The van der Waals surface area contributed by atoms with Crippen molar-refractivity contribution in [1.29, 1.82) is 5.26 Å². The number of amides is 1. The zero-order chi connectivity index (χ0) is 17.7. The average Bonchev–Trinajstić information content (AvgIpc) is 2.53. The van der Waals surface area contributed by atoms with Crippen molar-refractivity contribution in [1.82, 2.24) is 4.90 Å². The van der Waals surface area contributed by atoms with E-state index in [0.717, 1.165) is 36.2 Å². The van der Waals surface area contributed by atoms with E-state index in [9.17, 15) is 9.90 Å². The molecule has 1 saturated heterocycles. The average molecular weight is 329 g/mol. The van der Waals surface area contributed by atoms with E-state index in [1.165, 1.54) is 0 Å². The number of hydrogen-bond acceptors (Lipinski definition) is 4. The van der Waals surface area contributed by atoms with Crippen LogP contribution in [-0.2, 0) is 4.79 Å². The molecule has 24 heavy (non-hydrogen) atoms. The fourth-order valence-corrected chi connectivity index (χ4v) is 3.35. The molecule has 2 rings (SSSR count). The lowest BCUT2D eigenvalue weighted by Gasteiger charge is -2.36. The number of benzene rings is 1. The summed E-state index contributed by atoms with van der Waals surface area (Å²) < 4.78 is 0. The van der Waals surface area contributed by atoms with Crippen LogP contribution in [0.4, 0.5) is 5.69 Å². The van der Waals surface area contributed by atoms with Crippen LogP contribution >= 0.6 is 0 Å². The molecule has 0 bridgehead atoms. The summed E-state index contributed by atoms with van der Waals surface area (Å²) in [5.74, 6) is -0.00986. The molecule has 130 valence electrons. The Morgan fingerprint density at radius 2 is 2.08 bits per heavy atom. The number of nitrogens with zero attached hydrogens (tertiary/aromatic N) is 3. The summed E-state index contributed by atoms with van der Waals surface area (Å²) in [7, 11) is 0. The minimum Gasteiger partial charge on any atom is -0.392 e. The molecular formula is C19H27N3O2. The number of aliphatic hydroxyl groups is 1. The van der Waals surface area contributed by atoms with Crippen molar-refractivity contribution < 1.29 is 9.90 Å². The predicted molar refractivity (Wildman–Crippen MR) is 94.8 cm³/mol. The van der Waals surface area contributed by atoms with Gasteiger partial charge in [-0.3, -0.25) is 9.69 Å². The number of β-amino-alcohol motifs (C(OH)–C–C–N with tert-alkyl or cyclic N) is 1. The second-order valence-corrected chi connectivity index (χ2v) is 6.71. The van der Waals surface area contributed by atoms with Crippen LogP contribution in [0.15, 0.2) is 18.2 Å². The maximum Gasteiger partial charge on any atom is 0.244 e. The number of carbonyl (C=O) groups excluding carboxylic acids is 1. The number of nitriles is 1. The zero-order valence-corrected chi connectivity index (χ0v) is 14.8. The van der Waals surface area contributed by atoms with E-state index in [-0.39, 0.29) is 18.1 Å². The van der Waals surface area contributed by atoms with Crippen LogP contribution in [0.5, 0.6) is 0 Å². The van der Waals surface area contributed by atoms with Gasteiger partial charge in [-0.05, 0) is 63.4 Å². The van der Waals surface area contributed by atoms with E-state index in [4.69, 9.17) is 5.26 Å². The van der Waals surface area contributed by atoms with E-state index < -0.39 is 0 Å². The molecule has 5 heteroatoms. The second-order valence-electron chi connectivity index (χ2n) is 6.71. The molecular weight excluding hydrogens is 302 g/mol. The summed E-state index contributed by atoms with van der Waals surface area (Å²) in [4.78, 5) is 16.8. The van der Waals surface area contributed by atoms with Gasteiger partial charge in [0.15, 0.2) is 0 Å². The number of likely N-dealkylation sites (tertiary alicyclic amines) is 1. The molecule has 0 saturated carbocycles. The highest BCUT2D eigenvalue weighted by molar-refractivity contribution is 5.97. The van der Waals surface area contributed by atoms with E-state index >= 15 is 0 Å². The summed E-state index contributed by atoms with van der Waals surface area (Å²) in [5, 5.41) is 18.8. The first-order valence-electron chi connectivity index (χ1n) is 8.61. The van der Waals surface area contributed by atoms with Gasteiger partial charge in [-0.15, -0.1) is 0 Å². The van der Waals surface area contributed by atoms with Crippen LogP contribution in [0.1, 0.15) is 37.3 Å². The fraction of sp³-hybridized carbons (Fsp3) is 0.579. The van der Waals surface area contributed by atoms with Crippen LogP contribution in [0.25, 0.3) is 0 Å². The van der Waals surface area contributed by atoms with Crippen molar-refractivity contribution in [3.63, 3.8) is 0 Å². The SMILES string of the molecule is Cc1cc(C)cc(N(CCC#N)C(=O)C(C)N2CCCC(O)C2)c1. The molecule has 1 aliphatic heterocycles. The van der Waals surface area contributed by atoms with Gasteiger partial charge in [0.2, 0.25) is 5.91 Å². The highest BCUT2D eigenvalue weighted by Crippen LogP contribution is 2.22. The van der Waals surface area contributed by atoms with Crippen molar-refractivity contribution in [3.05, 3.63) is 29.3 Å². The minimum atomic E-state index is -0.359. The lowest BCUT2D eigenvalue weighted by molar-refractivity contribution is -0.124. The van der Waals surface area contributed by atoms with Crippen molar-refractivity contribution in [2.75, 3.05) is 24.5 Å². The normalized spacial score (nSPS) is 19.5. The third-order valence-electron chi connectivity index (χ3n) is 4.56. The van der Waals surface area contributed by atoms with Gasteiger partial charge in [0, 0.05) is 18.8 Å². The Morgan fingerprint density at radius 1 is 1.42 bits per heavy atom. The summed E-state index contributed by atoms with van der Waals surface area (Å²) in [6.07, 6.45) is 1.64. The molecule has 2 atom stereocenters. The lowest BCUT2D eigenvalue weighted by atomic mass is 10.1. The van der Waals surface area contributed by atoms with Gasteiger partial charge in [-0.25, -0.2) is 0 Å². The number of aryl methyl sites for hydroxylation is 2. The molecule has 0 radical (unpaired) electrons. The van der Waals surface area contributed by atoms with Crippen LogP contribution in [0, 0.1) is 25.2 Å². The van der Waals surface area contributed by atoms with Crippen LogP contribution < -0.4 is 4.90 Å². The van der Waals surface area contributed by atoms with Gasteiger partial charge in [0.1, 0.15) is 0 Å². The summed E-state index contributed by atoms with van der Waals surface area (Å²) in [6, 6.07) is 7.87. The van der Waals surface area contributed by atoms with E-state index in [1.807, 2.05) is 37.8 Å². The Kier molecular flexibility index (Phi) is 6.36. The molecule has 1 aliphatic rings. The Bertz CT molecular complexity index is 603. The van der Waals surface area contributed by atoms with Gasteiger partial charge in [0.25, 0.3) is 0 Å². The number of aliphatic hydroxyl groups excluding tert-OH is 1. The molecule has 1 amide bonds. The predicted octanol–water partition coefficient (Wildman–Crippen LogP) is 2.40. The van der Waals surface area contributed by atoms with E-state index in [1.54, 1.807) is 4.90 Å². The topological polar surface area (TPSA) is 67.6 Å².